The first-order valence-corrected chi connectivity index (χ1v) is 10.9. The van der Waals surface area contributed by atoms with Gasteiger partial charge in [-0.2, -0.15) is 9.78 Å². The van der Waals surface area contributed by atoms with Gasteiger partial charge < -0.3 is 14.4 Å². The maximum Gasteiger partial charge on any atom is 0.282 e. The normalized spacial score (nSPS) is 14.7. The quantitative estimate of drug-likeness (QED) is 0.485. The molecule has 2 aromatic carbocycles. The molecule has 1 saturated heterocycles. The average molecular weight is 445 g/mol. The van der Waals surface area contributed by atoms with Crippen molar-refractivity contribution in [2.24, 2.45) is 0 Å². The van der Waals surface area contributed by atoms with Crippen LogP contribution >= 0.6 is 0 Å². The van der Waals surface area contributed by atoms with Crippen molar-refractivity contribution in [3.63, 3.8) is 0 Å². The van der Waals surface area contributed by atoms with Crippen LogP contribution in [-0.4, -0.2) is 63.3 Å². The predicted molar refractivity (Wildman–Crippen MR) is 123 cm³/mol. The number of halogens is 1. The van der Waals surface area contributed by atoms with Crippen molar-refractivity contribution in [1.29, 1.82) is 0 Å². The Morgan fingerprint density at radius 3 is 2.36 bits per heavy atom. The highest BCUT2D eigenvalue weighted by molar-refractivity contribution is 6.00. The minimum absolute atomic E-state index is 0.140. The number of benzene rings is 2. The molecule has 3 aliphatic rings. The fourth-order valence-corrected chi connectivity index (χ4v) is 4.13. The van der Waals surface area contributed by atoms with Gasteiger partial charge in [0.2, 0.25) is 0 Å². The van der Waals surface area contributed by atoms with Crippen LogP contribution in [-0.2, 0) is 6.54 Å². The number of likely N-dealkylation sites (N-methyl/N-ethyl adjacent to an activating group) is 1. The van der Waals surface area contributed by atoms with Gasteiger partial charge in [0.15, 0.2) is 0 Å². The Labute approximate surface area is 190 Å². The van der Waals surface area contributed by atoms with Gasteiger partial charge in [0.05, 0.1) is 16.8 Å². The summed E-state index contributed by atoms with van der Waals surface area (Å²) in [6.45, 7) is 3.22. The molecule has 2 aromatic rings. The molecule has 0 radical (unpaired) electrons. The zero-order chi connectivity index (χ0) is 22.9. The van der Waals surface area contributed by atoms with E-state index in [1.165, 1.54) is 16.8 Å². The summed E-state index contributed by atoms with van der Waals surface area (Å²) in [6.07, 6.45) is 3.46. The lowest BCUT2D eigenvalue weighted by Gasteiger charge is -2.32. The molecule has 0 aromatic heterocycles. The summed E-state index contributed by atoms with van der Waals surface area (Å²) < 4.78 is 16.5. The molecule has 0 unspecified atom stereocenters. The van der Waals surface area contributed by atoms with Crippen LogP contribution < -0.4 is 5.56 Å². The van der Waals surface area contributed by atoms with E-state index in [1.54, 1.807) is 29.1 Å². The molecule has 0 bridgehead atoms. The lowest BCUT2D eigenvalue weighted by Crippen LogP contribution is -2.47. The molecular weight excluding hydrogens is 421 g/mol. The van der Waals surface area contributed by atoms with Gasteiger partial charge in [-0.1, -0.05) is 30.3 Å². The number of rotatable bonds is 4. The number of hydrogen-bond acceptors (Lipinski definition) is 4. The van der Waals surface area contributed by atoms with Gasteiger partial charge in [-0.3, -0.25) is 9.59 Å². The van der Waals surface area contributed by atoms with Gasteiger partial charge in [0, 0.05) is 45.1 Å². The molecule has 0 saturated carbocycles. The Bertz CT molecular complexity index is 1310. The molecule has 0 N–H and O–H groups in total. The van der Waals surface area contributed by atoms with Crippen LogP contribution in [0.3, 0.4) is 0 Å². The van der Waals surface area contributed by atoms with E-state index in [2.05, 4.69) is 10.00 Å². The summed E-state index contributed by atoms with van der Waals surface area (Å²) in [5.74, 6) is -0.449. The number of fused-ring (bicyclic) bond motifs is 1. The highest BCUT2D eigenvalue weighted by Crippen LogP contribution is 2.24. The first-order valence-electron chi connectivity index (χ1n) is 10.9. The molecule has 0 atom stereocenters. The van der Waals surface area contributed by atoms with Crippen LogP contribution in [0, 0.1) is 5.82 Å². The minimum atomic E-state index is -0.309. The number of amides is 1. The minimum Gasteiger partial charge on any atom is -0.348 e. The number of carbonyl (C=O) groups is 1. The molecule has 0 aliphatic carbocycles. The topological polar surface area (TPSA) is 63.4 Å². The average Bonchev–Trinajstić information content (AvgIpc) is 3.17. The molecule has 1 amide bonds. The second kappa shape index (κ2) is 8.63. The van der Waals surface area contributed by atoms with Gasteiger partial charge in [0.1, 0.15) is 11.5 Å². The van der Waals surface area contributed by atoms with Gasteiger partial charge >= 0.3 is 0 Å². The molecule has 168 valence electrons. The van der Waals surface area contributed by atoms with E-state index < -0.39 is 0 Å². The summed E-state index contributed by atoms with van der Waals surface area (Å²) in [5.41, 5.74) is 2.38. The number of piperazine rings is 1. The smallest absolute Gasteiger partial charge is 0.282 e. The molecule has 0 spiro atoms. The molecule has 3 heterocycles. The molecule has 33 heavy (non-hydrogen) atoms. The third-order valence-corrected chi connectivity index (χ3v) is 6.02. The van der Waals surface area contributed by atoms with Gasteiger partial charge in [0.25, 0.3) is 11.5 Å². The monoisotopic (exact) mass is 445 g/mol. The molecule has 3 aliphatic heterocycles. The van der Waals surface area contributed by atoms with E-state index in [1.807, 2.05) is 42.3 Å². The summed E-state index contributed by atoms with van der Waals surface area (Å²) in [6, 6.07) is 15.4. The van der Waals surface area contributed by atoms with E-state index in [4.69, 9.17) is 0 Å². The second-order valence-electron chi connectivity index (χ2n) is 8.38. The number of nitrogens with zero attached hydrogens (tertiary/aromatic N) is 5. The van der Waals surface area contributed by atoms with E-state index in [0.717, 1.165) is 18.7 Å². The van der Waals surface area contributed by atoms with E-state index in [0.29, 0.717) is 42.1 Å². The Morgan fingerprint density at radius 1 is 0.970 bits per heavy atom. The van der Waals surface area contributed by atoms with Crippen molar-refractivity contribution in [1.82, 2.24) is 24.1 Å². The summed E-state index contributed by atoms with van der Waals surface area (Å²) in [5, 5.41) is 4.56. The first-order chi connectivity index (χ1) is 16.0. The van der Waals surface area contributed by atoms with Gasteiger partial charge in [-0.25, -0.2) is 4.39 Å². The van der Waals surface area contributed by atoms with Crippen LogP contribution in [0.2, 0.25) is 0 Å². The standard InChI is InChI=1S/C25H24FN5O2/c1-28-11-13-30(14-12-28)24(32)21-16-29(15-18-7-9-19(26)10-8-18)17-22-23(21)27-31(25(22)33)20-5-3-2-4-6-20/h2-10,16-17H,11-15H2,1H3. The largest absolute Gasteiger partial charge is 0.348 e. The fourth-order valence-electron chi connectivity index (χ4n) is 4.13. The summed E-state index contributed by atoms with van der Waals surface area (Å²) >= 11 is 0. The first kappa shape index (κ1) is 21.1. The molecule has 1 fully saturated rings. The molecule has 8 heteroatoms. The SMILES string of the molecule is CN1CCN(C(=O)c2cn(Cc3ccc(F)cc3)cc3c(=O)n(-c4ccccc4)nc2-3)CC1. The molecule has 5 rings (SSSR count). The van der Waals surface area contributed by atoms with Crippen LogP contribution in [0.25, 0.3) is 16.9 Å². The Kier molecular flexibility index (Phi) is 5.51. The van der Waals surface area contributed by atoms with Crippen molar-refractivity contribution in [3.8, 4) is 16.9 Å². The fraction of sp³-hybridized carbons (Fsp3) is 0.240. The summed E-state index contributed by atoms with van der Waals surface area (Å²) in [4.78, 5) is 30.8. The van der Waals surface area contributed by atoms with Crippen LogP contribution in [0.15, 0.2) is 71.8 Å². The zero-order valence-electron chi connectivity index (χ0n) is 18.3. The Morgan fingerprint density at radius 2 is 1.67 bits per heavy atom. The number of hydrogen-bond donors (Lipinski definition) is 0. The molecular formula is C25H24FN5O2. The third kappa shape index (κ3) is 4.17. The second-order valence-corrected chi connectivity index (χ2v) is 8.38. The van der Waals surface area contributed by atoms with Crippen molar-refractivity contribution in [2.75, 3.05) is 33.2 Å². The maximum absolute atomic E-state index is 13.5. The number of carbonyl (C=O) groups excluding carboxylic acids is 1. The van der Waals surface area contributed by atoms with Crippen LogP contribution in [0.4, 0.5) is 4.39 Å². The lowest BCUT2D eigenvalue weighted by atomic mass is 10.1. The lowest BCUT2D eigenvalue weighted by molar-refractivity contribution is 0.0663. The van der Waals surface area contributed by atoms with Crippen molar-refractivity contribution >= 4 is 5.91 Å². The predicted octanol–water partition coefficient (Wildman–Crippen LogP) is 2.71. The summed E-state index contributed by atoms with van der Waals surface area (Å²) in [7, 11) is 2.03. The number of para-hydroxylation sites is 1. The molecule has 7 nitrogen and oxygen atoms in total. The van der Waals surface area contributed by atoms with Gasteiger partial charge in [-0.15, -0.1) is 0 Å². The Balaban J connectivity index is 1.61. The maximum atomic E-state index is 13.5. The van der Waals surface area contributed by atoms with Crippen molar-refractivity contribution in [3.05, 3.63) is 94.3 Å². The number of pyridine rings is 1. The number of aromatic nitrogens is 3. The van der Waals surface area contributed by atoms with Crippen molar-refractivity contribution < 1.29 is 9.18 Å². The zero-order valence-corrected chi connectivity index (χ0v) is 18.3. The van der Waals surface area contributed by atoms with Crippen LogP contribution in [0.1, 0.15) is 15.9 Å². The van der Waals surface area contributed by atoms with E-state index >= 15 is 0 Å². The van der Waals surface area contributed by atoms with Gasteiger partial charge in [-0.05, 0) is 36.9 Å². The highest BCUT2D eigenvalue weighted by atomic mass is 19.1. The van der Waals surface area contributed by atoms with E-state index in [9.17, 15) is 14.0 Å². The van der Waals surface area contributed by atoms with E-state index in [-0.39, 0.29) is 17.3 Å². The Hall–Kier alpha value is -3.78. The van der Waals surface area contributed by atoms with Crippen molar-refractivity contribution in [2.45, 2.75) is 6.54 Å². The van der Waals surface area contributed by atoms with Crippen LogP contribution in [0.5, 0.6) is 0 Å². The highest BCUT2D eigenvalue weighted by Gasteiger charge is 2.28. The third-order valence-electron chi connectivity index (χ3n) is 6.02.